The zero-order valence-corrected chi connectivity index (χ0v) is 15.2. The van der Waals surface area contributed by atoms with Gasteiger partial charge in [-0.05, 0) is 52.4 Å². The Labute approximate surface area is 161 Å². The van der Waals surface area contributed by atoms with E-state index in [9.17, 15) is 13.2 Å². The molecule has 0 amide bonds. The molecule has 4 aromatic carbocycles. The normalized spacial score (nSPS) is 10.9. The van der Waals surface area contributed by atoms with Gasteiger partial charge in [0, 0.05) is 0 Å². The molecule has 0 saturated carbocycles. The summed E-state index contributed by atoms with van der Waals surface area (Å²) in [4.78, 5) is 0. The molecule has 0 bridgehead atoms. The summed E-state index contributed by atoms with van der Waals surface area (Å²) in [5.74, 6) is -3.83. The maximum absolute atomic E-state index is 13.5. The molecule has 0 heterocycles. The van der Waals surface area contributed by atoms with Crippen LogP contribution >= 0.6 is 0 Å². The predicted molar refractivity (Wildman–Crippen MR) is 107 cm³/mol. The molecule has 28 heavy (non-hydrogen) atoms. The van der Waals surface area contributed by atoms with E-state index < -0.39 is 17.5 Å². The van der Waals surface area contributed by atoms with Gasteiger partial charge in [-0.3, -0.25) is 0 Å². The van der Waals surface area contributed by atoms with Gasteiger partial charge in [-0.1, -0.05) is 78.4 Å². The SMILES string of the molecule is Cc1ccc(-c2ccc(-c3ccc(-c4cc(F)c(F)c(F)c4)cc3)cc2)cc1. The van der Waals surface area contributed by atoms with Crippen molar-refractivity contribution in [2.75, 3.05) is 0 Å². The summed E-state index contributed by atoms with van der Waals surface area (Å²) in [5, 5.41) is 0. The van der Waals surface area contributed by atoms with E-state index in [1.165, 1.54) is 5.56 Å². The van der Waals surface area contributed by atoms with Crippen molar-refractivity contribution in [1.29, 1.82) is 0 Å². The lowest BCUT2D eigenvalue weighted by Gasteiger charge is -2.08. The zero-order valence-electron chi connectivity index (χ0n) is 15.2. The van der Waals surface area contributed by atoms with E-state index in [4.69, 9.17) is 0 Å². The maximum atomic E-state index is 13.5. The third kappa shape index (κ3) is 3.56. The van der Waals surface area contributed by atoms with Crippen LogP contribution in [0.2, 0.25) is 0 Å². The van der Waals surface area contributed by atoms with E-state index >= 15 is 0 Å². The smallest absolute Gasteiger partial charge is 0.194 e. The van der Waals surface area contributed by atoms with Crippen molar-refractivity contribution >= 4 is 0 Å². The van der Waals surface area contributed by atoms with Crippen molar-refractivity contribution in [2.24, 2.45) is 0 Å². The predicted octanol–water partition coefficient (Wildman–Crippen LogP) is 7.41. The monoisotopic (exact) mass is 374 g/mol. The van der Waals surface area contributed by atoms with Gasteiger partial charge in [-0.15, -0.1) is 0 Å². The highest BCUT2D eigenvalue weighted by molar-refractivity contribution is 5.73. The van der Waals surface area contributed by atoms with Crippen molar-refractivity contribution in [3.05, 3.63) is 108 Å². The van der Waals surface area contributed by atoms with E-state index in [1.54, 1.807) is 12.1 Å². The Bertz CT molecular complexity index is 1090. The van der Waals surface area contributed by atoms with Crippen LogP contribution in [0, 0.1) is 24.4 Å². The molecule has 0 spiro atoms. The van der Waals surface area contributed by atoms with Crippen molar-refractivity contribution in [3.63, 3.8) is 0 Å². The molecule has 0 unspecified atom stereocenters. The first-order valence-corrected chi connectivity index (χ1v) is 8.94. The van der Waals surface area contributed by atoms with E-state index in [0.29, 0.717) is 11.1 Å². The summed E-state index contributed by atoms with van der Waals surface area (Å²) in [5.41, 5.74) is 6.48. The Kier molecular flexibility index (Phi) is 4.74. The summed E-state index contributed by atoms with van der Waals surface area (Å²) in [6.45, 7) is 2.06. The van der Waals surface area contributed by atoms with E-state index in [1.807, 2.05) is 24.3 Å². The second-order valence-electron chi connectivity index (χ2n) is 6.77. The minimum atomic E-state index is -1.45. The molecular weight excluding hydrogens is 357 g/mol. The molecule has 0 atom stereocenters. The molecule has 0 aliphatic rings. The Morgan fingerprint density at radius 1 is 0.429 bits per heavy atom. The first-order chi connectivity index (χ1) is 13.5. The van der Waals surface area contributed by atoms with Crippen LogP contribution in [0.5, 0.6) is 0 Å². The van der Waals surface area contributed by atoms with Gasteiger partial charge in [-0.25, -0.2) is 13.2 Å². The van der Waals surface area contributed by atoms with Crippen LogP contribution in [0.3, 0.4) is 0 Å². The number of aryl methyl sites for hydroxylation is 1. The lowest BCUT2D eigenvalue weighted by Crippen LogP contribution is -1.91. The second kappa shape index (κ2) is 7.35. The standard InChI is InChI=1S/C25H17F3/c1-16-2-4-17(5-3-16)18-6-8-19(9-7-18)20-10-12-21(13-11-20)22-14-23(26)25(28)24(27)15-22/h2-15H,1H3. The molecule has 0 radical (unpaired) electrons. The molecule has 138 valence electrons. The molecule has 0 aromatic heterocycles. The molecule has 0 fully saturated rings. The number of hydrogen-bond acceptors (Lipinski definition) is 0. The third-order valence-corrected chi connectivity index (χ3v) is 4.81. The van der Waals surface area contributed by atoms with E-state index in [-0.39, 0.29) is 0 Å². The summed E-state index contributed by atoms with van der Waals surface area (Å²) >= 11 is 0. The van der Waals surface area contributed by atoms with Gasteiger partial charge >= 0.3 is 0 Å². The molecular formula is C25H17F3. The third-order valence-electron chi connectivity index (χ3n) is 4.81. The summed E-state index contributed by atoms with van der Waals surface area (Å²) in [6.07, 6.45) is 0. The van der Waals surface area contributed by atoms with Crippen LogP contribution in [0.4, 0.5) is 13.2 Å². The van der Waals surface area contributed by atoms with Gasteiger partial charge in [-0.2, -0.15) is 0 Å². The number of halogens is 3. The van der Waals surface area contributed by atoms with Crippen LogP contribution in [-0.2, 0) is 0 Å². The first-order valence-electron chi connectivity index (χ1n) is 8.94. The summed E-state index contributed by atoms with van der Waals surface area (Å²) < 4.78 is 40.0. The second-order valence-corrected chi connectivity index (χ2v) is 6.77. The fourth-order valence-electron chi connectivity index (χ4n) is 3.18. The maximum Gasteiger partial charge on any atom is 0.194 e. The molecule has 0 N–H and O–H groups in total. The van der Waals surface area contributed by atoms with Crippen LogP contribution in [0.25, 0.3) is 33.4 Å². The lowest BCUT2D eigenvalue weighted by atomic mass is 9.98. The average Bonchev–Trinajstić information content (AvgIpc) is 2.72. The van der Waals surface area contributed by atoms with Crippen LogP contribution < -0.4 is 0 Å². The number of hydrogen-bond donors (Lipinski definition) is 0. The van der Waals surface area contributed by atoms with Crippen molar-refractivity contribution in [2.45, 2.75) is 6.92 Å². The van der Waals surface area contributed by atoms with Crippen LogP contribution in [-0.4, -0.2) is 0 Å². The summed E-state index contributed by atoms with van der Waals surface area (Å²) in [7, 11) is 0. The molecule has 3 heteroatoms. The van der Waals surface area contributed by atoms with Crippen molar-refractivity contribution in [3.8, 4) is 33.4 Å². The molecule has 0 aliphatic carbocycles. The molecule has 0 aliphatic heterocycles. The molecule has 0 nitrogen and oxygen atoms in total. The number of benzene rings is 4. The van der Waals surface area contributed by atoms with Crippen LogP contribution in [0.1, 0.15) is 5.56 Å². The Hall–Kier alpha value is -3.33. The fraction of sp³-hybridized carbons (Fsp3) is 0.0400. The molecule has 4 aromatic rings. The van der Waals surface area contributed by atoms with E-state index in [0.717, 1.165) is 34.4 Å². The van der Waals surface area contributed by atoms with E-state index in [2.05, 4.69) is 43.3 Å². The Balaban J connectivity index is 1.59. The highest BCUT2D eigenvalue weighted by Gasteiger charge is 2.11. The van der Waals surface area contributed by atoms with Gasteiger partial charge in [0.1, 0.15) is 0 Å². The minimum Gasteiger partial charge on any atom is -0.204 e. The van der Waals surface area contributed by atoms with Gasteiger partial charge < -0.3 is 0 Å². The summed E-state index contributed by atoms with van der Waals surface area (Å²) in [6, 6.07) is 25.9. The lowest BCUT2D eigenvalue weighted by molar-refractivity contribution is 0.448. The Morgan fingerprint density at radius 3 is 1.07 bits per heavy atom. The zero-order chi connectivity index (χ0) is 19.7. The molecule has 0 saturated heterocycles. The topological polar surface area (TPSA) is 0 Å². The van der Waals surface area contributed by atoms with Gasteiger partial charge in [0.25, 0.3) is 0 Å². The van der Waals surface area contributed by atoms with Crippen molar-refractivity contribution in [1.82, 2.24) is 0 Å². The van der Waals surface area contributed by atoms with Crippen LogP contribution in [0.15, 0.2) is 84.9 Å². The largest absolute Gasteiger partial charge is 0.204 e. The highest BCUT2D eigenvalue weighted by Crippen LogP contribution is 2.29. The highest BCUT2D eigenvalue weighted by atomic mass is 19.2. The van der Waals surface area contributed by atoms with Gasteiger partial charge in [0.05, 0.1) is 0 Å². The van der Waals surface area contributed by atoms with Crippen molar-refractivity contribution < 1.29 is 13.2 Å². The average molecular weight is 374 g/mol. The first kappa shape index (κ1) is 18.1. The van der Waals surface area contributed by atoms with Gasteiger partial charge in [0.2, 0.25) is 0 Å². The fourth-order valence-corrected chi connectivity index (χ4v) is 3.18. The quantitative estimate of drug-likeness (QED) is 0.327. The van der Waals surface area contributed by atoms with Gasteiger partial charge in [0.15, 0.2) is 17.5 Å². The molecule has 4 rings (SSSR count). The number of rotatable bonds is 3. The minimum absolute atomic E-state index is 0.303. The Morgan fingerprint density at radius 2 is 0.714 bits per heavy atom.